The smallest absolute Gasteiger partial charge is 0.369 e. The standard InChI is InChI=1S/C14H7N3O3/c18-13-11-12(14(19)20-13)17(16-15-11)10-7-3-5-8-4-1-2-6-9(8)10/h1-7H. The summed E-state index contributed by atoms with van der Waals surface area (Å²) in [5.74, 6) is -1.47. The molecule has 2 heterocycles. The van der Waals surface area contributed by atoms with Gasteiger partial charge in [0.15, 0.2) is 5.69 Å². The number of esters is 2. The van der Waals surface area contributed by atoms with E-state index in [0.29, 0.717) is 5.69 Å². The highest BCUT2D eigenvalue weighted by Gasteiger charge is 2.37. The molecular weight excluding hydrogens is 258 g/mol. The summed E-state index contributed by atoms with van der Waals surface area (Å²) >= 11 is 0. The maximum absolute atomic E-state index is 11.7. The van der Waals surface area contributed by atoms with Crippen molar-refractivity contribution in [2.75, 3.05) is 0 Å². The SMILES string of the molecule is O=C1OC(=O)c2c1nnn2-c1cccc2ccccc12. The molecule has 0 saturated carbocycles. The van der Waals surface area contributed by atoms with Gasteiger partial charge in [0.2, 0.25) is 5.69 Å². The van der Waals surface area contributed by atoms with Crippen molar-refractivity contribution in [1.82, 2.24) is 15.0 Å². The van der Waals surface area contributed by atoms with Crippen LogP contribution in [0.1, 0.15) is 21.0 Å². The van der Waals surface area contributed by atoms with Crippen molar-refractivity contribution in [2.24, 2.45) is 0 Å². The van der Waals surface area contributed by atoms with Gasteiger partial charge in [0.1, 0.15) is 0 Å². The number of ether oxygens (including phenoxy) is 1. The highest BCUT2D eigenvalue weighted by Crippen LogP contribution is 2.26. The lowest BCUT2D eigenvalue weighted by molar-refractivity contribution is 0.0434. The number of benzene rings is 2. The number of carbonyl (C=O) groups excluding carboxylic acids is 2. The number of carbonyl (C=O) groups is 2. The molecule has 0 saturated heterocycles. The molecule has 6 heteroatoms. The fraction of sp³-hybridized carbons (Fsp3) is 0. The first-order chi connectivity index (χ1) is 9.75. The number of nitrogens with zero attached hydrogens (tertiary/aromatic N) is 3. The van der Waals surface area contributed by atoms with Gasteiger partial charge in [-0.3, -0.25) is 0 Å². The second-order valence-corrected chi connectivity index (χ2v) is 4.37. The molecule has 0 amide bonds. The molecule has 6 nitrogen and oxygen atoms in total. The molecular formula is C14H7N3O3. The number of hydrogen-bond acceptors (Lipinski definition) is 5. The third-order valence-electron chi connectivity index (χ3n) is 3.24. The van der Waals surface area contributed by atoms with Gasteiger partial charge in [0, 0.05) is 5.39 Å². The first kappa shape index (κ1) is 10.9. The van der Waals surface area contributed by atoms with Crippen molar-refractivity contribution in [3.63, 3.8) is 0 Å². The molecule has 20 heavy (non-hydrogen) atoms. The zero-order valence-electron chi connectivity index (χ0n) is 10.1. The summed E-state index contributed by atoms with van der Waals surface area (Å²) in [5.41, 5.74) is 0.720. The zero-order chi connectivity index (χ0) is 13.7. The van der Waals surface area contributed by atoms with E-state index in [0.717, 1.165) is 10.8 Å². The lowest BCUT2D eigenvalue weighted by Crippen LogP contribution is -2.08. The number of fused-ring (bicyclic) bond motifs is 2. The summed E-state index contributed by atoms with van der Waals surface area (Å²) in [6.07, 6.45) is 0. The van der Waals surface area contributed by atoms with Crippen molar-refractivity contribution in [2.45, 2.75) is 0 Å². The number of rotatable bonds is 1. The third-order valence-corrected chi connectivity index (χ3v) is 3.24. The van der Waals surface area contributed by atoms with Crippen LogP contribution < -0.4 is 0 Å². The Morgan fingerprint density at radius 1 is 0.950 bits per heavy atom. The molecule has 0 spiro atoms. The maximum Gasteiger partial charge on any atom is 0.369 e. The second-order valence-electron chi connectivity index (χ2n) is 4.37. The van der Waals surface area contributed by atoms with Crippen LogP contribution >= 0.6 is 0 Å². The zero-order valence-corrected chi connectivity index (χ0v) is 10.1. The molecule has 2 aromatic carbocycles. The van der Waals surface area contributed by atoms with Crippen LogP contribution in [0.4, 0.5) is 0 Å². The topological polar surface area (TPSA) is 74.1 Å². The fourth-order valence-electron chi connectivity index (χ4n) is 2.34. The summed E-state index contributed by atoms with van der Waals surface area (Å²) in [6.45, 7) is 0. The molecule has 0 fully saturated rings. The minimum Gasteiger partial charge on any atom is -0.383 e. The molecule has 0 unspecified atom stereocenters. The van der Waals surface area contributed by atoms with E-state index in [-0.39, 0.29) is 11.4 Å². The van der Waals surface area contributed by atoms with Crippen LogP contribution in [0.15, 0.2) is 42.5 Å². The van der Waals surface area contributed by atoms with Crippen molar-refractivity contribution in [1.29, 1.82) is 0 Å². The average Bonchev–Trinajstić information content (AvgIpc) is 3.01. The van der Waals surface area contributed by atoms with Gasteiger partial charge in [0.05, 0.1) is 5.69 Å². The molecule has 0 N–H and O–H groups in total. The normalized spacial score (nSPS) is 13.6. The van der Waals surface area contributed by atoms with Crippen molar-refractivity contribution in [3.8, 4) is 5.69 Å². The monoisotopic (exact) mass is 265 g/mol. The van der Waals surface area contributed by atoms with Gasteiger partial charge in [-0.2, -0.15) is 0 Å². The molecule has 1 aliphatic heterocycles. The van der Waals surface area contributed by atoms with E-state index < -0.39 is 11.9 Å². The quantitative estimate of drug-likeness (QED) is 0.495. The van der Waals surface area contributed by atoms with E-state index >= 15 is 0 Å². The van der Waals surface area contributed by atoms with Crippen molar-refractivity contribution < 1.29 is 14.3 Å². The summed E-state index contributed by atoms with van der Waals surface area (Å²) in [7, 11) is 0. The first-order valence-electron chi connectivity index (χ1n) is 5.96. The molecule has 4 rings (SSSR count). The Morgan fingerprint density at radius 2 is 1.75 bits per heavy atom. The lowest BCUT2D eigenvalue weighted by Gasteiger charge is -2.06. The predicted molar refractivity (Wildman–Crippen MR) is 68.6 cm³/mol. The van der Waals surface area contributed by atoms with Gasteiger partial charge in [0.25, 0.3) is 0 Å². The van der Waals surface area contributed by atoms with E-state index in [2.05, 4.69) is 15.0 Å². The maximum atomic E-state index is 11.7. The highest BCUT2D eigenvalue weighted by atomic mass is 16.6. The Hall–Kier alpha value is -3.02. The highest BCUT2D eigenvalue weighted by molar-refractivity contribution is 6.13. The average molecular weight is 265 g/mol. The van der Waals surface area contributed by atoms with Crippen molar-refractivity contribution >= 4 is 22.7 Å². The Balaban J connectivity index is 2.05. The van der Waals surface area contributed by atoms with Crippen LogP contribution in [-0.4, -0.2) is 26.9 Å². The number of aromatic nitrogens is 3. The third kappa shape index (κ3) is 1.33. The second kappa shape index (κ2) is 3.74. The molecule has 3 aromatic rings. The number of cyclic esters (lactones) is 2. The molecule has 0 aliphatic carbocycles. The van der Waals surface area contributed by atoms with Gasteiger partial charge in [-0.1, -0.05) is 41.6 Å². The molecule has 0 atom stereocenters. The molecule has 0 bridgehead atoms. The molecule has 0 radical (unpaired) electrons. The van der Waals surface area contributed by atoms with Crippen molar-refractivity contribution in [3.05, 3.63) is 53.9 Å². The van der Waals surface area contributed by atoms with Gasteiger partial charge >= 0.3 is 11.9 Å². The Morgan fingerprint density at radius 3 is 2.65 bits per heavy atom. The molecule has 96 valence electrons. The Kier molecular flexibility index (Phi) is 2.03. The van der Waals surface area contributed by atoms with Crippen LogP contribution in [0.5, 0.6) is 0 Å². The largest absolute Gasteiger partial charge is 0.383 e. The Labute approximate surface area is 112 Å². The van der Waals surface area contributed by atoms with E-state index in [1.807, 2.05) is 42.5 Å². The Bertz CT molecular complexity index is 877. The molecule has 1 aromatic heterocycles. The first-order valence-corrected chi connectivity index (χ1v) is 5.96. The van der Waals surface area contributed by atoms with E-state index in [4.69, 9.17) is 0 Å². The molecule has 1 aliphatic rings. The summed E-state index contributed by atoms with van der Waals surface area (Å²) < 4.78 is 5.90. The van der Waals surface area contributed by atoms with Crippen LogP contribution in [-0.2, 0) is 4.74 Å². The van der Waals surface area contributed by atoms with Gasteiger partial charge in [-0.15, -0.1) is 5.10 Å². The van der Waals surface area contributed by atoms with Crippen LogP contribution in [0.25, 0.3) is 16.5 Å². The van der Waals surface area contributed by atoms with Crippen LogP contribution in [0.2, 0.25) is 0 Å². The lowest BCUT2D eigenvalue weighted by atomic mass is 10.1. The van der Waals surface area contributed by atoms with Gasteiger partial charge in [-0.05, 0) is 11.5 Å². The summed E-state index contributed by atoms with van der Waals surface area (Å²) in [4.78, 5) is 23.1. The van der Waals surface area contributed by atoms with Crippen LogP contribution in [0, 0.1) is 0 Å². The summed E-state index contributed by atoms with van der Waals surface area (Å²) in [5, 5.41) is 9.55. The van der Waals surface area contributed by atoms with E-state index in [1.165, 1.54) is 4.68 Å². The fourth-order valence-corrected chi connectivity index (χ4v) is 2.34. The van der Waals surface area contributed by atoms with Gasteiger partial charge < -0.3 is 4.74 Å². The predicted octanol–water partition coefficient (Wildman–Crippen LogP) is 1.73. The van der Waals surface area contributed by atoms with Crippen LogP contribution in [0.3, 0.4) is 0 Å². The summed E-state index contributed by atoms with van der Waals surface area (Å²) in [6, 6.07) is 13.3. The minimum absolute atomic E-state index is 0.0389. The number of hydrogen-bond donors (Lipinski definition) is 0. The van der Waals surface area contributed by atoms with E-state index in [1.54, 1.807) is 0 Å². The van der Waals surface area contributed by atoms with E-state index in [9.17, 15) is 9.59 Å². The van der Waals surface area contributed by atoms with Gasteiger partial charge in [-0.25, -0.2) is 14.3 Å². The minimum atomic E-state index is -0.753.